The highest BCUT2D eigenvalue weighted by Crippen LogP contribution is 2.29. The van der Waals surface area contributed by atoms with Gasteiger partial charge in [0.1, 0.15) is 0 Å². The summed E-state index contributed by atoms with van der Waals surface area (Å²) in [5.41, 5.74) is 0.904. The smallest absolute Gasteiger partial charge is 0.283 e. The first kappa shape index (κ1) is 14.4. The van der Waals surface area contributed by atoms with Gasteiger partial charge in [-0.3, -0.25) is 15.0 Å². The quantitative estimate of drug-likeness (QED) is 0.669. The number of rotatable bonds is 4. The van der Waals surface area contributed by atoms with Crippen molar-refractivity contribution in [3.63, 3.8) is 0 Å². The SMILES string of the molecule is O=[N+]([O-])c1cccc(CN2CCOCC2CO)c1Br. The number of halogens is 1. The standard InChI is InChI=1S/C12H15BrN2O4/c13-12-9(2-1-3-11(12)15(17)18)6-14-4-5-19-8-10(14)7-16/h1-3,10,16H,4-8H2. The third-order valence-corrected chi connectivity index (χ3v) is 4.10. The molecule has 0 aliphatic carbocycles. The van der Waals surface area contributed by atoms with Gasteiger partial charge in [-0.05, 0) is 21.5 Å². The molecular formula is C12H15BrN2O4. The second kappa shape index (κ2) is 6.42. The van der Waals surface area contributed by atoms with Crippen molar-refractivity contribution >= 4 is 21.6 Å². The van der Waals surface area contributed by atoms with Gasteiger partial charge in [0, 0.05) is 19.2 Å². The molecule has 1 aliphatic heterocycles. The summed E-state index contributed by atoms with van der Waals surface area (Å²) in [5, 5.41) is 20.2. The van der Waals surface area contributed by atoms with Crippen LogP contribution in [0.3, 0.4) is 0 Å². The van der Waals surface area contributed by atoms with Crippen molar-refractivity contribution < 1.29 is 14.8 Å². The fourth-order valence-electron chi connectivity index (χ4n) is 2.11. The molecule has 0 saturated carbocycles. The third-order valence-electron chi connectivity index (χ3n) is 3.19. The van der Waals surface area contributed by atoms with Crippen LogP contribution in [0.15, 0.2) is 22.7 Å². The van der Waals surface area contributed by atoms with E-state index in [-0.39, 0.29) is 18.3 Å². The predicted molar refractivity (Wildman–Crippen MR) is 72.9 cm³/mol. The minimum Gasteiger partial charge on any atom is -0.395 e. The second-order valence-corrected chi connectivity index (χ2v) is 5.18. The molecular weight excluding hydrogens is 316 g/mol. The predicted octanol–water partition coefficient (Wildman–Crippen LogP) is 1.55. The van der Waals surface area contributed by atoms with Gasteiger partial charge < -0.3 is 9.84 Å². The summed E-state index contributed by atoms with van der Waals surface area (Å²) in [6.07, 6.45) is 0. The summed E-state index contributed by atoms with van der Waals surface area (Å²) in [4.78, 5) is 12.6. The van der Waals surface area contributed by atoms with E-state index in [2.05, 4.69) is 20.8 Å². The monoisotopic (exact) mass is 330 g/mol. The summed E-state index contributed by atoms with van der Waals surface area (Å²) in [6.45, 7) is 2.38. The number of hydrogen-bond donors (Lipinski definition) is 1. The average Bonchev–Trinajstić information content (AvgIpc) is 2.41. The van der Waals surface area contributed by atoms with E-state index in [0.29, 0.717) is 30.8 Å². The molecule has 1 aliphatic rings. The molecule has 0 aromatic heterocycles. The molecule has 6 nitrogen and oxygen atoms in total. The fourth-order valence-corrected chi connectivity index (χ4v) is 2.65. The Bertz CT molecular complexity index is 469. The van der Waals surface area contributed by atoms with Crippen molar-refractivity contribution in [1.29, 1.82) is 0 Å². The number of aliphatic hydroxyl groups excluding tert-OH is 1. The maximum atomic E-state index is 10.9. The molecule has 1 unspecified atom stereocenters. The summed E-state index contributed by atoms with van der Waals surface area (Å²) in [7, 11) is 0. The molecule has 1 aromatic rings. The van der Waals surface area contributed by atoms with Gasteiger partial charge in [0.25, 0.3) is 5.69 Å². The van der Waals surface area contributed by atoms with Gasteiger partial charge in [0.2, 0.25) is 0 Å². The van der Waals surface area contributed by atoms with Gasteiger partial charge in [-0.1, -0.05) is 12.1 Å². The minimum atomic E-state index is -0.406. The highest BCUT2D eigenvalue weighted by atomic mass is 79.9. The first-order valence-corrected chi connectivity index (χ1v) is 6.77. The average molecular weight is 331 g/mol. The van der Waals surface area contributed by atoms with Gasteiger partial charge in [-0.25, -0.2) is 0 Å². The Labute approximate surface area is 119 Å². The van der Waals surface area contributed by atoms with Gasteiger partial charge in [0.05, 0.1) is 35.3 Å². The van der Waals surface area contributed by atoms with Crippen LogP contribution in [0.25, 0.3) is 0 Å². The van der Waals surface area contributed by atoms with Crippen LogP contribution in [-0.2, 0) is 11.3 Å². The summed E-state index contributed by atoms with van der Waals surface area (Å²) < 4.78 is 5.81. The van der Waals surface area contributed by atoms with Gasteiger partial charge >= 0.3 is 0 Å². The number of nitro benzene ring substituents is 1. The van der Waals surface area contributed by atoms with Crippen molar-refractivity contribution in [2.45, 2.75) is 12.6 Å². The van der Waals surface area contributed by atoms with Gasteiger partial charge in [0.15, 0.2) is 0 Å². The van der Waals surface area contributed by atoms with E-state index in [0.717, 1.165) is 5.56 Å². The lowest BCUT2D eigenvalue weighted by atomic mass is 10.1. The zero-order chi connectivity index (χ0) is 13.8. The summed E-state index contributed by atoms with van der Waals surface area (Å²) >= 11 is 3.29. The molecule has 0 amide bonds. The van der Waals surface area contributed by atoms with Crippen LogP contribution in [0.1, 0.15) is 5.56 Å². The third kappa shape index (κ3) is 3.30. The van der Waals surface area contributed by atoms with Crippen molar-refractivity contribution in [3.8, 4) is 0 Å². The van der Waals surface area contributed by atoms with E-state index in [1.165, 1.54) is 6.07 Å². The number of nitro groups is 1. The molecule has 1 heterocycles. The van der Waals surface area contributed by atoms with Gasteiger partial charge in [-0.15, -0.1) is 0 Å². The van der Waals surface area contributed by atoms with Crippen molar-refractivity contribution in [3.05, 3.63) is 38.3 Å². The Morgan fingerprint density at radius 2 is 2.37 bits per heavy atom. The number of aliphatic hydroxyl groups is 1. The Morgan fingerprint density at radius 3 is 3.05 bits per heavy atom. The van der Waals surface area contributed by atoms with E-state index in [9.17, 15) is 15.2 Å². The van der Waals surface area contributed by atoms with Crippen LogP contribution in [0.5, 0.6) is 0 Å². The molecule has 104 valence electrons. The second-order valence-electron chi connectivity index (χ2n) is 4.39. The van der Waals surface area contributed by atoms with Crippen molar-refractivity contribution in [2.75, 3.05) is 26.4 Å². The Hall–Kier alpha value is -1.02. The van der Waals surface area contributed by atoms with Crippen LogP contribution in [0.4, 0.5) is 5.69 Å². The van der Waals surface area contributed by atoms with E-state index in [4.69, 9.17) is 4.74 Å². The van der Waals surface area contributed by atoms with E-state index in [1.807, 2.05) is 6.07 Å². The largest absolute Gasteiger partial charge is 0.395 e. The highest BCUT2D eigenvalue weighted by molar-refractivity contribution is 9.10. The molecule has 1 aromatic carbocycles. The fraction of sp³-hybridized carbons (Fsp3) is 0.500. The first-order valence-electron chi connectivity index (χ1n) is 5.98. The molecule has 1 saturated heterocycles. The normalized spacial score (nSPS) is 20.4. The summed E-state index contributed by atoms with van der Waals surface area (Å²) in [5.74, 6) is 0. The van der Waals surface area contributed by atoms with E-state index >= 15 is 0 Å². The molecule has 0 radical (unpaired) electrons. The highest BCUT2D eigenvalue weighted by Gasteiger charge is 2.24. The van der Waals surface area contributed by atoms with Gasteiger partial charge in [-0.2, -0.15) is 0 Å². The van der Waals surface area contributed by atoms with Crippen molar-refractivity contribution in [1.82, 2.24) is 4.90 Å². The lowest BCUT2D eigenvalue weighted by Crippen LogP contribution is -2.46. The molecule has 1 N–H and O–H groups in total. The molecule has 1 atom stereocenters. The van der Waals surface area contributed by atoms with Crippen molar-refractivity contribution in [2.24, 2.45) is 0 Å². The van der Waals surface area contributed by atoms with E-state index < -0.39 is 4.92 Å². The number of hydrogen-bond acceptors (Lipinski definition) is 5. The van der Waals surface area contributed by atoms with Crippen LogP contribution < -0.4 is 0 Å². The number of nitrogens with zero attached hydrogens (tertiary/aromatic N) is 2. The molecule has 1 fully saturated rings. The Balaban J connectivity index is 2.18. The topological polar surface area (TPSA) is 75.8 Å². The Kier molecular flexibility index (Phi) is 4.87. The number of morpholine rings is 1. The zero-order valence-electron chi connectivity index (χ0n) is 10.3. The maximum absolute atomic E-state index is 10.9. The minimum absolute atomic E-state index is 0.0204. The number of benzene rings is 1. The van der Waals surface area contributed by atoms with Crippen LogP contribution in [-0.4, -0.2) is 47.3 Å². The van der Waals surface area contributed by atoms with Crippen LogP contribution >= 0.6 is 15.9 Å². The summed E-state index contributed by atoms with van der Waals surface area (Å²) in [6, 6.07) is 4.93. The lowest BCUT2D eigenvalue weighted by Gasteiger charge is -2.34. The lowest BCUT2D eigenvalue weighted by molar-refractivity contribution is -0.385. The molecule has 19 heavy (non-hydrogen) atoms. The number of ether oxygens (including phenoxy) is 1. The molecule has 0 bridgehead atoms. The van der Waals surface area contributed by atoms with E-state index in [1.54, 1.807) is 6.07 Å². The zero-order valence-corrected chi connectivity index (χ0v) is 11.9. The van der Waals surface area contributed by atoms with Crippen LogP contribution in [0.2, 0.25) is 0 Å². The Morgan fingerprint density at radius 1 is 1.58 bits per heavy atom. The van der Waals surface area contributed by atoms with Crippen LogP contribution in [0, 0.1) is 10.1 Å². The maximum Gasteiger partial charge on any atom is 0.283 e. The molecule has 0 spiro atoms. The first-order chi connectivity index (χ1) is 9.13. The molecule has 7 heteroatoms. The molecule has 2 rings (SSSR count).